The SMILES string of the molecule is CCOc1cccc(C(C)Cl)c1NC(=O)c1cccc(N=NC(C(C)=O)C(=O)Nc2ccc(NC(=O)C(N=Nc3cccc(C(=O)Nc4c(OCC)cccc4C(C)Cl)c3Cl)C(C)=O)c(CCCl)c2)c1Cl. The van der Waals surface area contributed by atoms with Crippen molar-refractivity contribution in [2.24, 2.45) is 20.5 Å². The fourth-order valence-electron chi connectivity index (χ4n) is 6.88. The van der Waals surface area contributed by atoms with Gasteiger partial charge in [-0.15, -0.1) is 34.8 Å². The lowest BCUT2D eigenvalue weighted by Gasteiger charge is -2.17. The predicted molar refractivity (Wildman–Crippen MR) is 279 cm³/mol. The van der Waals surface area contributed by atoms with Crippen molar-refractivity contribution >= 4 is 127 Å². The third-order valence-electron chi connectivity index (χ3n) is 10.3. The van der Waals surface area contributed by atoms with Crippen LogP contribution in [0.25, 0.3) is 0 Å². The van der Waals surface area contributed by atoms with Crippen LogP contribution in [0.4, 0.5) is 34.1 Å². The van der Waals surface area contributed by atoms with E-state index >= 15 is 0 Å². The van der Waals surface area contributed by atoms with E-state index in [0.29, 0.717) is 52.8 Å². The van der Waals surface area contributed by atoms with E-state index in [1.807, 2.05) is 0 Å². The van der Waals surface area contributed by atoms with Gasteiger partial charge < -0.3 is 30.7 Å². The topological polar surface area (TPSA) is 218 Å². The number of nitrogens with one attached hydrogen (secondary N) is 4. The summed E-state index contributed by atoms with van der Waals surface area (Å²) in [7, 11) is 0. The van der Waals surface area contributed by atoms with Crippen molar-refractivity contribution in [3.05, 3.63) is 129 Å². The highest BCUT2D eigenvalue weighted by Gasteiger charge is 2.27. The summed E-state index contributed by atoms with van der Waals surface area (Å²) in [6, 6.07) is 20.5. The molecule has 16 nitrogen and oxygen atoms in total. The monoisotopic (exact) mass is 1060 g/mol. The number of rotatable bonds is 22. The summed E-state index contributed by atoms with van der Waals surface area (Å²) in [4.78, 5) is 79.8. The highest BCUT2D eigenvalue weighted by molar-refractivity contribution is 6.37. The van der Waals surface area contributed by atoms with Gasteiger partial charge in [-0.3, -0.25) is 28.8 Å². The minimum Gasteiger partial charge on any atom is -0.492 e. The van der Waals surface area contributed by atoms with Crippen molar-refractivity contribution in [2.45, 2.75) is 70.8 Å². The zero-order valence-electron chi connectivity index (χ0n) is 39.2. The van der Waals surface area contributed by atoms with Gasteiger partial charge in [0, 0.05) is 17.3 Å². The average Bonchev–Trinajstić information content (AvgIpc) is 3.31. The van der Waals surface area contributed by atoms with Gasteiger partial charge in [-0.25, -0.2) is 0 Å². The number of halogens is 5. The summed E-state index contributed by atoms with van der Waals surface area (Å²) in [6.07, 6.45) is 0.194. The maximum atomic E-state index is 13.6. The van der Waals surface area contributed by atoms with E-state index < -0.39 is 58.0 Å². The number of carbonyl (C=O) groups excluding carboxylic acids is 6. The molecule has 0 aromatic heterocycles. The highest BCUT2D eigenvalue weighted by atomic mass is 35.5. The number of hydrogen-bond donors (Lipinski definition) is 4. The van der Waals surface area contributed by atoms with Crippen molar-refractivity contribution in [3.8, 4) is 11.5 Å². The normalized spacial score (nSPS) is 12.9. The van der Waals surface area contributed by atoms with E-state index in [2.05, 4.69) is 41.7 Å². The van der Waals surface area contributed by atoms with Crippen LogP contribution in [0.15, 0.2) is 111 Å². The highest BCUT2D eigenvalue weighted by Crippen LogP contribution is 2.39. The lowest BCUT2D eigenvalue weighted by Crippen LogP contribution is -2.32. The third-order valence-corrected chi connectivity index (χ3v) is 11.8. The quantitative estimate of drug-likeness (QED) is 0.0296. The van der Waals surface area contributed by atoms with Crippen LogP contribution in [0.5, 0.6) is 11.5 Å². The molecule has 4 amide bonds. The number of ketones is 2. The van der Waals surface area contributed by atoms with E-state index in [1.54, 1.807) is 64.1 Å². The van der Waals surface area contributed by atoms with Gasteiger partial charge in [0.25, 0.3) is 23.6 Å². The van der Waals surface area contributed by atoms with Gasteiger partial charge in [-0.05, 0) is 119 Å². The summed E-state index contributed by atoms with van der Waals surface area (Å²) in [6.45, 7) is 10.1. The van der Waals surface area contributed by atoms with E-state index in [1.165, 1.54) is 54.6 Å². The smallest absolute Gasteiger partial charge is 0.258 e. The second-order valence-corrected chi connectivity index (χ2v) is 17.9. The number of ether oxygens (including phenoxy) is 2. The molecular formula is C50H49Cl5N8O8. The van der Waals surface area contributed by atoms with Gasteiger partial charge in [0.15, 0.2) is 11.6 Å². The molecule has 0 fully saturated rings. The lowest BCUT2D eigenvalue weighted by molar-refractivity contribution is -0.127. The second-order valence-electron chi connectivity index (χ2n) is 15.5. The first kappa shape index (κ1) is 55.5. The Bertz CT molecular complexity index is 2880. The third kappa shape index (κ3) is 14.4. The molecule has 0 bridgehead atoms. The Balaban J connectivity index is 1.30. The van der Waals surface area contributed by atoms with Crippen LogP contribution in [0.3, 0.4) is 0 Å². The van der Waals surface area contributed by atoms with E-state index in [0.717, 1.165) is 13.8 Å². The van der Waals surface area contributed by atoms with Gasteiger partial charge in [-0.2, -0.15) is 20.5 Å². The number of amides is 4. The van der Waals surface area contributed by atoms with Gasteiger partial charge in [0.05, 0.1) is 56.5 Å². The molecule has 4 atom stereocenters. The van der Waals surface area contributed by atoms with Crippen LogP contribution < -0.4 is 30.7 Å². The van der Waals surface area contributed by atoms with Gasteiger partial charge in [0.2, 0.25) is 12.1 Å². The number of azo groups is 2. The molecule has 4 N–H and O–H groups in total. The molecule has 0 saturated carbocycles. The summed E-state index contributed by atoms with van der Waals surface area (Å²) < 4.78 is 11.4. The minimum atomic E-state index is -1.65. The Morgan fingerprint density at radius 1 is 0.592 bits per heavy atom. The number of carbonyl (C=O) groups is 6. The maximum absolute atomic E-state index is 13.6. The van der Waals surface area contributed by atoms with Crippen LogP contribution in [-0.4, -0.2) is 66.4 Å². The first-order valence-electron chi connectivity index (χ1n) is 22.0. The summed E-state index contributed by atoms with van der Waals surface area (Å²) in [5.74, 6) is -3.29. The summed E-state index contributed by atoms with van der Waals surface area (Å²) in [5, 5.41) is 26.0. The first-order chi connectivity index (χ1) is 33.9. The van der Waals surface area contributed by atoms with Crippen molar-refractivity contribution in [1.29, 1.82) is 0 Å². The van der Waals surface area contributed by atoms with Crippen LogP contribution in [0.2, 0.25) is 10.0 Å². The molecule has 0 aliphatic heterocycles. The van der Waals surface area contributed by atoms with Crippen molar-refractivity contribution in [2.75, 3.05) is 40.4 Å². The molecule has 0 spiro atoms. The fraction of sp³-hybridized carbons (Fsp3) is 0.280. The Hall–Kier alpha value is -6.43. The van der Waals surface area contributed by atoms with Crippen molar-refractivity contribution in [1.82, 2.24) is 0 Å². The zero-order valence-corrected chi connectivity index (χ0v) is 43.0. The Morgan fingerprint density at radius 2 is 1.03 bits per heavy atom. The summed E-state index contributed by atoms with van der Waals surface area (Å²) >= 11 is 32.2. The molecule has 0 saturated heterocycles. The Labute approximate surface area is 435 Å². The number of para-hydroxylation sites is 2. The molecule has 71 heavy (non-hydrogen) atoms. The molecule has 5 aromatic rings. The van der Waals surface area contributed by atoms with Crippen LogP contribution in [0.1, 0.15) is 89.7 Å². The molecule has 0 radical (unpaired) electrons. The molecule has 0 aliphatic rings. The minimum absolute atomic E-state index is 0.00419. The standard InChI is InChI=1S/C50H49Cl5N8O8/c1-7-70-39-19-11-13-32(26(3)52)45(39)58-47(66)34-15-9-17-37(41(34)54)60-62-43(28(5)64)49(68)56-31-21-22-36(30(25-31)23-24-51)57-50(69)44(29(6)65)63-61-38-18-10-16-35(42(38)55)48(67)59-46-33(27(4)53)14-12-20-40(46)71-8-2/h9-22,25-27,43-44H,7-8,23-24H2,1-6H3,(H,56,68)(H,57,69)(H,58,66)(H,59,67). The van der Waals surface area contributed by atoms with Gasteiger partial charge >= 0.3 is 0 Å². The van der Waals surface area contributed by atoms with Crippen molar-refractivity contribution < 1.29 is 38.2 Å². The molecule has 4 unspecified atom stereocenters. The number of benzene rings is 5. The molecule has 372 valence electrons. The maximum Gasteiger partial charge on any atom is 0.258 e. The number of alkyl halides is 3. The Morgan fingerprint density at radius 3 is 1.44 bits per heavy atom. The Kier molecular flexibility index (Phi) is 20.4. The molecular weight excluding hydrogens is 1020 g/mol. The van der Waals surface area contributed by atoms with Crippen LogP contribution in [-0.2, 0) is 25.6 Å². The van der Waals surface area contributed by atoms with Gasteiger partial charge in [-0.1, -0.05) is 59.6 Å². The number of nitrogens with zero attached hydrogens (tertiary/aromatic N) is 4. The summed E-state index contributed by atoms with van der Waals surface area (Å²) in [5.41, 5.74) is 2.94. The molecule has 21 heteroatoms. The average molecular weight is 1070 g/mol. The second kappa shape index (κ2) is 26.1. The lowest BCUT2D eigenvalue weighted by atomic mass is 10.1. The molecule has 5 rings (SSSR count). The van der Waals surface area contributed by atoms with Crippen LogP contribution >= 0.6 is 58.0 Å². The number of aryl methyl sites for hydroxylation is 1. The van der Waals surface area contributed by atoms with E-state index in [9.17, 15) is 28.8 Å². The fourth-order valence-corrected chi connectivity index (χ4v) is 7.94. The molecule has 0 heterocycles. The number of hydrogen-bond acceptors (Lipinski definition) is 12. The number of Topliss-reactive ketones (excluding diaryl/α,β-unsaturated/α-hetero) is 2. The van der Waals surface area contributed by atoms with Gasteiger partial charge in [0.1, 0.15) is 22.9 Å². The van der Waals surface area contributed by atoms with Crippen LogP contribution in [0, 0.1) is 0 Å². The molecule has 0 aliphatic carbocycles. The van der Waals surface area contributed by atoms with E-state index in [-0.39, 0.29) is 56.2 Å². The zero-order chi connectivity index (χ0) is 51.9. The molecule has 5 aromatic carbocycles. The van der Waals surface area contributed by atoms with Crippen molar-refractivity contribution in [3.63, 3.8) is 0 Å². The largest absolute Gasteiger partial charge is 0.492 e. The predicted octanol–water partition coefficient (Wildman–Crippen LogP) is 13.0. The number of anilines is 4. The first-order valence-corrected chi connectivity index (χ1v) is 24.2. The van der Waals surface area contributed by atoms with E-state index in [4.69, 9.17) is 67.5 Å².